The summed E-state index contributed by atoms with van der Waals surface area (Å²) in [6.45, 7) is 14.2. The van der Waals surface area contributed by atoms with Crippen molar-refractivity contribution in [2.45, 2.75) is 53.2 Å². The highest BCUT2D eigenvalue weighted by Crippen LogP contribution is 2.07. The molecule has 0 heterocycles. The van der Waals surface area contributed by atoms with Crippen molar-refractivity contribution in [1.82, 2.24) is 4.90 Å². The maximum Gasteiger partial charge on any atom is 0.320 e. The number of hydrogen-bond donors (Lipinski definition) is 0. The van der Waals surface area contributed by atoms with Crippen molar-refractivity contribution in [3.63, 3.8) is 0 Å². The zero-order valence-corrected chi connectivity index (χ0v) is 12.1. The Morgan fingerprint density at radius 1 is 1.29 bits per heavy atom. The average Bonchev–Trinajstić information content (AvgIpc) is 2.14. The van der Waals surface area contributed by atoms with Gasteiger partial charge in [0.15, 0.2) is 0 Å². The summed E-state index contributed by atoms with van der Waals surface area (Å²) in [6.07, 6.45) is 0. The van der Waals surface area contributed by atoms with Gasteiger partial charge in [-0.2, -0.15) is 0 Å². The van der Waals surface area contributed by atoms with Crippen LogP contribution in [-0.2, 0) is 14.3 Å². The third-order valence-electron chi connectivity index (χ3n) is 2.28. The first-order valence-corrected chi connectivity index (χ1v) is 6.30. The Hall–Kier alpha value is -0.610. The van der Waals surface area contributed by atoms with E-state index in [1.54, 1.807) is 0 Å². The molecule has 0 bridgehead atoms. The number of esters is 1. The van der Waals surface area contributed by atoms with Crippen LogP contribution in [0.4, 0.5) is 0 Å². The molecular weight excluding hydrogens is 218 g/mol. The van der Waals surface area contributed by atoms with Crippen molar-refractivity contribution in [2.24, 2.45) is 0 Å². The Kier molecular flexibility index (Phi) is 7.39. The summed E-state index contributed by atoms with van der Waals surface area (Å²) >= 11 is 0. The van der Waals surface area contributed by atoms with Crippen LogP contribution in [0, 0.1) is 0 Å². The molecule has 4 heteroatoms. The molecule has 0 saturated carbocycles. The molecule has 0 saturated heterocycles. The molecule has 0 aliphatic heterocycles. The monoisotopic (exact) mass is 245 g/mol. The van der Waals surface area contributed by atoms with Gasteiger partial charge in [-0.05, 0) is 41.5 Å². The molecule has 0 atom stereocenters. The highest BCUT2D eigenvalue weighted by molar-refractivity contribution is 5.71. The van der Waals surface area contributed by atoms with Crippen molar-refractivity contribution in [3.05, 3.63) is 0 Å². The molecule has 0 aromatic rings. The Morgan fingerprint density at radius 2 is 1.88 bits per heavy atom. The number of nitrogens with zero attached hydrogens (tertiary/aromatic N) is 1. The average molecular weight is 245 g/mol. The Balaban J connectivity index is 4.03. The van der Waals surface area contributed by atoms with Crippen molar-refractivity contribution < 1.29 is 14.3 Å². The Bertz CT molecular complexity index is 221. The van der Waals surface area contributed by atoms with Crippen LogP contribution in [0.3, 0.4) is 0 Å². The van der Waals surface area contributed by atoms with Gasteiger partial charge in [0.1, 0.15) is 0 Å². The van der Waals surface area contributed by atoms with Crippen LogP contribution >= 0.6 is 0 Å². The van der Waals surface area contributed by atoms with Crippen LogP contribution in [0.25, 0.3) is 0 Å². The second-order valence-electron chi connectivity index (χ2n) is 5.33. The second kappa shape index (κ2) is 7.67. The fourth-order valence-corrected chi connectivity index (χ4v) is 1.36. The highest BCUT2D eigenvalue weighted by Gasteiger charge is 2.16. The molecule has 0 amide bonds. The van der Waals surface area contributed by atoms with E-state index in [1.807, 2.05) is 27.7 Å². The quantitative estimate of drug-likeness (QED) is 0.644. The fraction of sp³-hybridized carbons (Fsp3) is 0.923. The number of ether oxygens (including phenoxy) is 2. The molecule has 0 fully saturated rings. The van der Waals surface area contributed by atoms with E-state index >= 15 is 0 Å². The predicted octanol–water partition coefficient (Wildman–Crippen LogP) is 2.07. The van der Waals surface area contributed by atoms with Gasteiger partial charge in [0.2, 0.25) is 0 Å². The summed E-state index contributed by atoms with van der Waals surface area (Å²) in [5.41, 5.74) is -0.132. The van der Waals surface area contributed by atoms with Gasteiger partial charge in [-0.15, -0.1) is 0 Å². The zero-order valence-electron chi connectivity index (χ0n) is 12.1. The number of rotatable bonds is 7. The summed E-state index contributed by atoms with van der Waals surface area (Å²) in [5.74, 6) is -0.169. The maximum absolute atomic E-state index is 11.4. The van der Waals surface area contributed by atoms with Crippen LogP contribution in [0.2, 0.25) is 0 Å². The molecule has 102 valence electrons. The predicted molar refractivity (Wildman–Crippen MR) is 69.0 cm³/mol. The minimum atomic E-state index is -0.169. The van der Waals surface area contributed by atoms with Crippen molar-refractivity contribution in [1.29, 1.82) is 0 Å². The van der Waals surface area contributed by atoms with E-state index in [0.717, 1.165) is 6.54 Å². The lowest BCUT2D eigenvalue weighted by atomic mass is 10.2. The van der Waals surface area contributed by atoms with Crippen molar-refractivity contribution >= 4 is 5.97 Å². The molecule has 17 heavy (non-hydrogen) atoms. The van der Waals surface area contributed by atoms with Crippen molar-refractivity contribution in [2.75, 3.05) is 26.3 Å². The van der Waals surface area contributed by atoms with Gasteiger partial charge in [-0.1, -0.05) is 0 Å². The number of hydrogen-bond acceptors (Lipinski definition) is 4. The van der Waals surface area contributed by atoms with E-state index < -0.39 is 0 Å². The van der Waals surface area contributed by atoms with E-state index in [4.69, 9.17) is 9.47 Å². The lowest BCUT2D eigenvalue weighted by molar-refractivity contribution is -0.145. The first-order chi connectivity index (χ1) is 7.76. The third-order valence-corrected chi connectivity index (χ3v) is 2.28. The largest absolute Gasteiger partial charge is 0.465 e. The highest BCUT2D eigenvalue weighted by atomic mass is 16.5. The van der Waals surface area contributed by atoms with Gasteiger partial charge >= 0.3 is 5.97 Å². The molecule has 0 aliphatic rings. The van der Waals surface area contributed by atoms with Crippen LogP contribution in [0.5, 0.6) is 0 Å². The lowest BCUT2D eigenvalue weighted by Crippen LogP contribution is -2.39. The minimum absolute atomic E-state index is 0.132. The van der Waals surface area contributed by atoms with Crippen LogP contribution in [0.1, 0.15) is 41.5 Å². The van der Waals surface area contributed by atoms with Crippen LogP contribution in [-0.4, -0.2) is 48.8 Å². The van der Waals surface area contributed by atoms with Gasteiger partial charge in [0.25, 0.3) is 0 Å². The standard InChI is InChI=1S/C13H27NO3/c1-7-16-12(15)10-14(11(2)3)8-9-17-13(4,5)6/h11H,7-10H2,1-6H3. The van der Waals surface area contributed by atoms with E-state index in [9.17, 15) is 4.79 Å². The molecule has 0 aromatic carbocycles. The molecule has 0 spiro atoms. The lowest BCUT2D eigenvalue weighted by Gasteiger charge is -2.27. The molecule has 0 radical (unpaired) electrons. The zero-order chi connectivity index (χ0) is 13.5. The molecule has 0 aliphatic carbocycles. The Labute approximate surface area is 105 Å². The molecule has 0 N–H and O–H groups in total. The van der Waals surface area contributed by atoms with Gasteiger partial charge in [-0.25, -0.2) is 0 Å². The van der Waals surface area contributed by atoms with Gasteiger partial charge in [0.05, 0.1) is 25.4 Å². The summed E-state index contributed by atoms with van der Waals surface area (Å²) in [6, 6.07) is 0.308. The summed E-state index contributed by atoms with van der Waals surface area (Å²) in [7, 11) is 0. The van der Waals surface area contributed by atoms with E-state index in [0.29, 0.717) is 25.8 Å². The minimum Gasteiger partial charge on any atom is -0.465 e. The normalized spacial score (nSPS) is 12.2. The van der Waals surface area contributed by atoms with E-state index in [1.165, 1.54) is 0 Å². The summed E-state index contributed by atoms with van der Waals surface area (Å²) in [4.78, 5) is 13.5. The Morgan fingerprint density at radius 3 is 2.29 bits per heavy atom. The van der Waals surface area contributed by atoms with Gasteiger partial charge in [-0.3, -0.25) is 9.69 Å². The fourth-order valence-electron chi connectivity index (χ4n) is 1.36. The molecule has 0 rings (SSSR count). The van der Waals surface area contributed by atoms with Gasteiger partial charge in [0, 0.05) is 12.6 Å². The second-order valence-corrected chi connectivity index (χ2v) is 5.33. The number of carbonyl (C=O) groups excluding carboxylic acids is 1. The first kappa shape index (κ1) is 16.4. The molecule has 4 nitrogen and oxygen atoms in total. The van der Waals surface area contributed by atoms with Crippen LogP contribution < -0.4 is 0 Å². The summed E-state index contributed by atoms with van der Waals surface area (Å²) < 4.78 is 10.6. The van der Waals surface area contributed by atoms with Gasteiger partial charge < -0.3 is 9.47 Å². The third kappa shape index (κ3) is 9.12. The molecule has 0 unspecified atom stereocenters. The number of carbonyl (C=O) groups is 1. The van der Waals surface area contributed by atoms with E-state index in [-0.39, 0.29) is 11.6 Å². The SMILES string of the molecule is CCOC(=O)CN(CCOC(C)(C)C)C(C)C. The van der Waals surface area contributed by atoms with Crippen molar-refractivity contribution in [3.8, 4) is 0 Å². The summed E-state index contributed by atoms with van der Waals surface area (Å²) in [5, 5.41) is 0. The maximum atomic E-state index is 11.4. The topological polar surface area (TPSA) is 38.8 Å². The van der Waals surface area contributed by atoms with Crippen LogP contribution in [0.15, 0.2) is 0 Å². The first-order valence-electron chi connectivity index (χ1n) is 6.30. The smallest absolute Gasteiger partial charge is 0.320 e. The molecular formula is C13H27NO3. The molecule has 0 aromatic heterocycles. The van der Waals surface area contributed by atoms with E-state index in [2.05, 4.69) is 18.7 Å².